The lowest BCUT2D eigenvalue weighted by molar-refractivity contribution is -0.137. The van der Waals surface area contributed by atoms with Gasteiger partial charge in [0.15, 0.2) is 11.5 Å². The van der Waals surface area contributed by atoms with Gasteiger partial charge in [-0.15, -0.1) is 0 Å². The minimum absolute atomic E-state index is 0.103. The number of rotatable bonds is 5. The zero-order valence-electron chi connectivity index (χ0n) is 21.2. The molecule has 0 spiro atoms. The normalized spacial score (nSPS) is 20.1. The molecule has 3 aliphatic rings. The van der Waals surface area contributed by atoms with Crippen LogP contribution >= 0.6 is 0 Å². The zero-order valence-corrected chi connectivity index (χ0v) is 22.0. The third-order valence-corrected chi connectivity index (χ3v) is 9.39. The van der Waals surface area contributed by atoms with E-state index in [0.717, 1.165) is 30.8 Å². The monoisotopic (exact) mass is 533 g/mol. The van der Waals surface area contributed by atoms with Crippen LogP contribution in [0.15, 0.2) is 77.7 Å². The van der Waals surface area contributed by atoms with Crippen LogP contribution in [0.3, 0.4) is 0 Å². The summed E-state index contributed by atoms with van der Waals surface area (Å²) in [6, 6.07) is 21.9. The van der Waals surface area contributed by atoms with E-state index >= 15 is 0 Å². The van der Waals surface area contributed by atoms with Crippen molar-refractivity contribution in [1.29, 1.82) is 0 Å². The van der Waals surface area contributed by atoms with E-state index in [1.54, 1.807) is 6.07 Å². The second-order valence-corrected chi connectivity index (χ2v) is 11.8. The first kappa shape index (κ1) is 24.9. The first-order valence-corrected chi connectivity index (χ1v) is 14.5. The first-order chi connectivity index (χ1) is 18.5. The number of fused-ring (bicyclic) bond motifs is 2. The van der Waals surface area contributed by atoms with Gasteiger partial charge in [0.25, 0.3) is 0 Å². The van der Waals surface area contributed by atoms with Gasteiger partial charge in [-0.2, -0.15) is 4.31 Å². The number of hydrogen-bond acceptors (Lipinski definition) is 6. The van der Waals surface area contributed by atoms with E-state index in [1.807, 2.05) is 47.4 Å². The summed E-state index contributed by atoms with van der Waals surface area (Å²) >= 11 is 0. The van der Waals surface area contributed by atoms with Crippen LogP contribution in [-0.4, -0.2) is 73.9 Å². The number of nitrogens with zero attached hydrogens (tertiary/aromatic N) is 3. The van der Waals surface area contributed by atoms with Gasteiger partial charge < -0.3 is 14.4 Å². The number of carbonyl (C=O) groups is 1. The molecule has 198 valence electrons. The highest BCUT2D eigenvalue weighted by atomic mass is 32.2. The number of amides is 1. The van der Waals surface area contributed by atoms with Gasteiger partial charge in [0.2, 0.25) is 15.9 Å². The molecule has 8 nitrogen and oxygen atoms in total. The van der Waals surface area contributed by atoms with Gasteiger partial charge in [-0.1, -0.05) is 54.6 Å². The van der Waals surface area contributed by atoms with E-state index in [4.69, 9.17) is 9.47 Å². The number of hydrogen-bond donors (Lipinski definition) is 0. The molecular formula is C29H31N3O5S. The smallest absolute Gasteiger partial charge is 0.244 e. The van der Waals surface area contributed by atoms with E-state index in [-0.39, 0.29) is 17.3 Å². The molecule has 1 atom stereocenters. The highest BCUT2D eigenvalue weighted by Gasteiger charge is 2.42. The minimum atomic E-state index is -3.98. The lowest BCUT2D eigenvalue weighted by atomic mass is 9.95. The molecule has 0 saturated carbocycles. The Bertz CT molecular complexity index is 1420. The summed E-state index contributed by atoms with van der Waals surface area (Å²) in [5.41, 5.74) is 3.18. The van der Waals surface area contributed by atoms with Crippen molar-refractivity contribution >= 4 is 15.9 Å². The predicted molar refractivity (Wildman–Crippen MR) is 142 cm³/mol. The topological polar surface area (TPSA) is 79.4 Å². The lowest BCUT2D eigenvalue weighted by Gasteiger charge is -2.40. The van der Waals surface area contributed by atoms with E-state index in [0.29, 0.717) is 44.2 Å². The van der Waals surface area contributed by atoms with Crippen LogP contribution in [0, 0.1) is 0 Å². The van der Waals surface area contributed by atoms with Crippen LogP contribution in [0.4, 0.5) is 0 Å². The fourth-order valence-corrected chi connectivity index (χ4v) is 7.04. The average Bonchev–Trinajstić information content (AvgIpc) is 2.97. The Hall–Kier alpha value is -3.40. The molecule has 9 heteroatoms. The molecule has 6 rings (SSSR count). The maximum absolute atomic E-state index is 14.0. The van der Waals surface area contributed by atoms with Crippen molar-refractivity contribution < 1.29 is 22.7 Å². The summed E-state index contributed by atoms with van der Waals surface area (Å²) in [4.78, 5) is 18.2. The molecule has 3 aromatic rings. The van der Waals surface area contributed by atoms with Crippen molar-refractivity contribution in [2.24, 2.45) is 0 Å². The largest absolute Gasteiger partial charge is 0.486 e. The Labute approximate surface area is 223 Å². The van der Waals surface area contributed by atoms with Crippen molar-refractivity contribution in [1.82, 2.24) is 14.1 Å². The molecule has 38 heavy (non-hydrogen) atoms. The predicted octanol–water partition coefficient (Wildman–Crippen LogP) is 2.92. The lowest BCUT2D eigenvalue weighted by Crippen LogP contribution is -2.57. The summed E-state index contributed by atoms with van der Waals surface area (Å²) < 4.78 is 40.6. The average molecular weight is 534 g/mol. The van der Waals surface area contributed by atoms with Crippen molar-refractivity contribution in [2.75, 3.05) is 39.4 Å². The molecule has 0 aliphatic carbocycles. The van der Waals surface area contributed by atoms with Crippen LogP contribution in [0.5, 0.6) is 11.5 Å². The van der Waals surface area contributed by atoms with Crippen LogP contribution in [-0.2, 0) is 34.3 Å². The Morgan fingerprint density at radius 2 is 1.50 bits per heavy atom. The number of ether oxygens (including phenoxy) is 2. The second-order valence-electron chi connectivity index (χ2n) is 9.93. The third kappa shape index (κ3) is 4.89. The van der Waals surface area contributed by atoms with Crippen molar-refractivity contribution in [2.45, 2.75) is 30.4 Å². The van der Waals surface area contributed by atoms with Crippen LogP contribution in [0.1, 0.15) is 16.7 Å². The molecule has 3 heterocycles. The van der Waals surface area contributed by atoms with E-state index in [9.17, 15) is 13.2 Å². The quantitative estimate of drug-likeness (QED) is 0.502. The summed E-state index contributed by atoms with van der Waals surface area (Å²) in [5.74, 6) is 0.798. The minimum Gasteiger partial charge on any atom is -0.486 e. The molecule has 0 bridgehead atoms. The van der Waals surface area contributed by atoms with E-state index in [2.05, 4.69) is 17.0 Å². The molecule has 3 aromatic carbocycles. The fourth-order valence-electron chi connectivity index (χ4n) is 5.46. The molecule has 0 aromatic heterocycles. The number of sulfonamides is 1. The van der Waals surface area contributed by atoms with Gasteiger partial charge >= 0.3 is 0 Å². The van der Waals surface area contributed by atoms with E-state index < -0.39 is 16.1 Å². The highest BCUT2D eigenvalue weighted by molar-refractivity contribution is 7.89. The molecule has 1 amide bonds. The van der Waals surface area contributed by atoms with Crippen LogP contribution < -0.4 is 9.47 Å². The number of carbonyl (C=O) groups excluding carboxylic acids is 1. The number of piperazine rings is 1. The maximum atomic E-state index is 14.0. The Morgan fingerprint density at radius 1 is 0.816 bits per heavy atom. The van der Waals surface area contributed by atoms with Crippen molar-refractivity contribution in [3.63, 3.8) is 0 Å². The van der Waals surface area contributed by atoms with Gasteiger partial charge in [-0.3, -0.25) is 9.69 Å². The summed E-state index contributed by atoms with van der Waals surface area (Å²) in [7, 11) is -3.98. The summed E-state index contributed by atoms with van der Waals surface area (Å²) in [6.07, 6.45) is 0.350. The molecule has 0 N–H and O–H groups in total. The second kappa shape index (κ2) is 10.4. The van der Waals surface area contributed by atoms with Crippen molar-refractivity contribution in [3.05, 3.63) is 89.5 Å². The fraction of sp³-hybridized carbons (Fsp3) is 0.345. The van der Waals surface area contributed by atoms with Gasteiger partial charge in [0, 0.05) is 45.3 Å². The molecule has 1 saturated heterocycles. The molecule has 1 fully saturated rings. The van der Waals surface area contributed by atoms with Crippen molar-refractivity contribution in [3.8, 4) is 11.5 Å². The Balaban J connectivity index is 1.24. The Morgan fingerprint density at radius 3 is 2.26 bits per heavy atom. The summed E-state index contributed by atoms with van der Waals surface area (Å²) in [6.45, 7) is 4.42. The van der Waals surface area contributed by atoms with Gasteiger partial charge in [-0.05, 0) is 35.2 Å². The van der Waals surface area contributed by atoms with E-state index in [1.165, 1.54) is 22.0 Å². The SMILES string of the molecule is O=C(C1Cc2ccccc2CN1S(=O)(=O)c1ccc2c(c1)OCCO2)N1CCN(Cc2ccccc2)CC1. The van der Waals surface area contributed by atoms with Gasteiger partial charge in [0.05, 0.1) is 4.90 Å². The maximum Gasteiger partial charge on any atom is 0.244 e. The van der Waals surface area contributed by atoms with Crippen LogP contribution in [0.2, 0.25) is 0 Å². The Kier molecular flexibility index (Phi) is 6.82. The molecule has 1 unspecified atom stereocenters. The molecule has 3 aliphatic heterocycles. The highest BCUT2D eigenvalue weighted by Crippen LogP contribution is 2.36. The van der Waals surface area contributed by atoms with Gasteiger partial charge in [-0.25, -0.2) is 8.42 Å². The van der Waals surface area contributed by atoms with Gasteiger partial charge in [0.1, 0.15) is 19.3 Å². The standard InChI is InChI=1S/C29H31N3O5S/c33-29(31-14-12-30(13-15-31)20-22-6-2-1-3-7-22)26-18-23-8-4-5-9-24(23)21-32(26)38(34,35)25-10-11-27-28(19-25)37-17-16-36-27/h1-11,19,26H,12-18,20-21H2. The number of benzene rings is 3. The molecular weight excluding hydrogens is 502 g/mol. The van der Waals surface area contributed by atoms with Crippen LogP contribution in [0.25, 0.3) is 0 Å². The zero-order chi connectivity index (χ0) is 26.1. The summed E-state index contributed by atoms with van der Waals surface area (Å²) in [5, 5.41) is 0. The first-order valence-electron chi connectivity index (χ1n) is 13.0. The molecule has 0 radical (unpaired) electrons. The third-order valence-electron chi connectivity index (χ3n) is 7.54.